The molecule has 2 aromatic rings. The molecule has 0 unspecified atom stereocenters. The Bertz CT molecular complexity index is 735. The number of nitrogens with zero attached hydrogens (tertiary/aromatic N) is 4. The van der Waals surface area contributed by atoms with Crippen LogP contribution in [0.4, 0.5) is 5.69 Å². The molecule has 0 radical (unpaired) electrons. The third-order valence-electron chi connectivity index (χ3n) is 4.73. The standard InChI is InChI=1S/C19H27N5OS/c1-4-24-18(14-9-11-16(12-10-14)23(2)3)21-22-19(24)26-13-17(25)20-15-7-5-6-8-15/h9-12,15H,4-8,13H2,1-3H3,(H,20,25). The van der Waals surface area contributed by atoms with Crippen LogP contribution >= 0.6 is 11.8 Å². The van der Waals surface area contributed by atoms with E-state index in [0.29, 0.717) is 11.8 Å². The maximum Gasteiger partial charge on any atom is 0.230 e. The minimum atomic E-state index is 0.0874. The Hall–Kier alpha value is -2.02. The van der Waals surface area contributed by atoms with Crippen LogP contribution < -0.4 is 10.2 Å². The fraction of sp³-hybridized carbons (Fsp3) is 0.526. The van der Waals surface area contributed by atoms with E-state index >= 15 is 0 Å². The van der Waals surface area contributed by atoms with Crippen molar-refractivity contribution in [1.29, 1.82) is 0 Å². The molecule has 1 aromatic carbocycles. The minimum absolute atomic E-state index is 0.0874. The highest BCUT2D eigenvalue weighted by Crippen LogP contribution is 2.26. The van der Waals surface area contributed by atoms with Crippen LogP contribution in [0, 0.1) is 0 Å². The molecule has 1 amide bonds. The quantitative estimate of drug-likeness (QED) is 0.755. The highest BCUT2D eigenvalue weighted by Gasteiger charge is 2.19. The summed E-state index contributed by atoms with van der Waals surface area (Å²) in [6, 6.07) is 8.63. The van der Waals surface area contributed by atoms with E-state index in [9.17, 15) is 4.79 Å². The highest BCUT2D eigenvalue weighted by atomic mass is 32.2. The lowest BCUT2D eigenvalue weighted by molar-refractivity contribution is -0.119. The van der Waals surface area contributed by atoms with Crippen molar-refractivity contribution in [1.82, 2.24) is 20.1 Å². The predicted molar refractivity (Wildman–Crippen MR) is 107 cm³/mol. The molecule has 0 aliphatic heterocycles. The maximum atomic E-state index is 12.2. The molecule has 140 valence electrons. The van der Waals surface area contributed by atoms with Crippen LogP contribution in [-0.4, -0.2) is 46.6 Å². The Kier molecular flexibility index (Phi) is 6.19. The molecule has 1 saturated carbocycles. The van der Waals surface area contributed by atoms with Crippen LogP contribution in [0.3, 0.4) is 0 Å². The monoisotopic (exact) mass is 373 g/mol. The summed E-state index contributed by atoms with van der Waals surface area (Å²) < 4.78 is 2.07. The van der Waals surface area contributed by atoms with Gasteiger partial charge in [0.05, 0.1) is 5.75 Å². The number of benzene rings is 1. The van der Waals surface area contributed by atoms with Crippen molar-refractivity contribution in [2.75, 3.05) is 24.7 Å². The number of aromatic nitrogens is 3. The van der Waals surface area contributed by atoms with Gasteiger partial charge in [-0.3, -0.25) is 4.79 Å². The van der Waals surface area contributed by atoms with Crippen LogP contribution in [0.1, 0.15) is 32.6 Å². The third kappa shape index (κ3) is 4.38. The Morgan fingerprint density at radius 3 is 2.54 bits per heavy atom. The molecule has 7 heteroatoms. The largest absolute Gasteiger partial charge is 0.378 e. The van der Waals surface area contributed by atoms with Gasteiger partial charge in [-0.1, -0.05) is 24.6 Å². The van der Waals surface area contributed by atoms with E-state index in [2.05, 4.69) is 56.2 Å². The van der Waals surface area contributed by atoms with Crippen LogP contribution in [0.25, 0.3) is 11.4 Å². The number of carbonyl (C=O) groups is 1. The molecule has 6 nitrogen and oxygen atoms in total. The fourth-order valence-corrected chi connectivity index (χ4v) is 4.09. The first-order valence-electron chi connectivity index (χ1n) is 9.21. The van der Waals surface area contributed by atoms with Crippen molar-refractivity contribution >= 4 is 23.4 Å². The van der Waals surface area contributed by atoms with Gasteiger partial charge in [0.15, 0.2) is 11.0 Å². The first kappa shape index (κ1) is 18.8. The van der Waals surface area contributed by atoms with E-state index < -0.39 is 0 Å². The van der Waals surface area contributed by atoms with Gasteiger partial charge in [-0.25, -0.2) is 0 Å². The molecule has 3 rings (SSSR count). The van der Waals surface area contributed by atoms with Gasteiger partial charge < -0.3 is 14.8 Å². The number of nitrogens with one attached hydrogen (secondary N) is 1. The highest BCUT2D eigenvalue weighted by molar-refractivity contribution is 7.99. The molecular formula is C19H27N5OS. The van der Waals surface area contributed by atoms with E-state index in [1.807, 2.05) is 14.1 Å². The summed E-state index contributed by atoms with van der Waals surface area (Å²) in [6.07, 6.45) is 4.65. The van der Waals surface area contributed by atoms with Crippen molar-refractivity contribution in [2.24, 2.45) is 0 Å². The topological polar surface area (TPSA) is 63.1 Å². The molecule has 1 aliphatic rings. The van der Waals surface area contributed by atoms with Crippen LogP contribution in [0.15, 0.2) is 29.4 Å². The number of carbonyl (C=O) groups excluding carboxylic acids is 1. The van der Waals surface area contributed by atoms with Gasteiger partial charge in [0, 0.05) is 37.9 Å². The van der Waals surface area contributed by atoms with Gasteiger partial charge in [0.2, 0.25) is 5.91 Å². The van der Waals surface area contributed by atoms with Crippen LogP contribution in [0.5, 0.6) is 0 Å². The Morgan fingerprint density at radius 1 is 1.23 bits per heavy atom. The third-order valence-corrected chi connectivity index (χ3v) is 5.69. The van der Waals surface area contributed by atoms with Crippen molar-refractivity contribution in [3.8, 4) is 11.4 Å². The molecule has 0 spiro atoms. The summed E-state index contributed by atoms with van der Waals surface area (Å²) >= 11 is 1.46. The van der Waals surface area contributed by atoms with Gasteiger partial charge >= 0.3 is 0 Å². The van der Waals surface area contributed by atoms with E-state index in [1.54, 1.807) is 0 Å². The van der Waals surface area contributed by atoms with Gasteiger partial charge in [0.1, 0.15) is 0 Å². The Balaban J connectivity index is 1.66. The average molecular weight is 374 g/mol. The number of hydrogen-bond acceptors (Lipinski definition) is 5. The molecule has 0 bridgehead atoms. The first-order chi connectivity index (χ1) is 12.6. The first-order valence-corrected chi connectivity index (χ1v) is 10.2. The summed E-state index contributed by atoms with van der Waals surface area (Å²) in [5.41, 5.74) is 2.18. The van der Waals surface area contributed by atoms with Crippen molar-refractivity contribution in [2.45, 2.75) is 50.4 Å². The number of rotatable bonds is 7. The zero-order chi connectivity index (χ0) is 18.5. The molecule has 1 fully saturated rings. The van der Waals surface area contributed by atoms with E-state index in [-0.39, 0.29) is 5.91 Å². The van der Waals surface area contributed by atoms with E-state index in [1.165, 1.54) is 24.6 Å². The SMILES string of the molecule is CCn1c(SCC(=O)NC2CCCC2)nnc1-c1ccc(N(C)C)cc1. The van der Waals surface area contributed by atoms with E-state index in [4.69, 9.17) is 0 Å². The number of amides is 1. The van der Waals surface area contributed by atoms with Crippen LogP contribution in [0.2, 0.25) is 0 Å². The predicted octanol–water partition coefficient (Wildman–Crippen LogP) is 3.18. The van der Waals surface area contributed by atoms with Crippen molar-refractivity contribution < 1.29 is 4.79 Å². The van der Waals surface area contributed by atoms with Crippen molar-refractivity contribution in [3.05, 3.63) is 24.3 Å². The summed E-state index contributed by atoms with van der Waals surface area (Å²) in [6.45, 7) is 2.84. The Labute approximate surface area is 159 Å². The second kappa shape index (κ2) is 8.58. The second-order valence-corrected chi connectivity index (χ2v) is 7.77. The minimum Gasteiger partial charge on any atom is -0.378 e. The summed E-state index contributed by atoms with van der Waals surface area (Å²) in [5.74, 6) is 1.31. The molecule has 26 heavy (non-hydrogen) atoms. The van der Waals surface area contributed by atoms with Gasteiger partial charge in [-0.15, -0.1) is 10.2 Å². The molecule has 1 aromatic heterocycles. The maximum absolute atomic E-state index is 12.2. The number of anilines is 1. The molecule has 0 atom stereocenters. The summed E-state index contributed by atoms with van der Waals surface area (Å²) in [7, 11) is 4.05. The average Bonchev–Trinajstić information content (AvgIpc) is 3.29. The van der Waals surface area contributed by atoms with Gasteiger partial charge in [-0.2, -0.15) is 0 Å². The lowest BCUT2D eigenvalue weighted by Crippen LogP contribution is -2.33. The molecule has 1 N–H and O–H groups in total. The normalized spacial score (nSPS) is 14.6. The molecule has 1 aliphatic carbocycles. The number of thioether (sulfide) groups is 1. The molecular weight excluding hydrogens is 346 g/mol. The van der Waals surface area contributed by atoms with Gasteiger partial charge in [0.25, 0.3) is 0 Å². The van der Waals surface area contributed by atoms with Gasteiger partial charge in [-0.05, 0) is 44.0 Å². The van der Waals surface area contributed by atoms with Crippen LogP contribution in [-0.2, 0) is 11.3 Å². The molecule has 1 heterocycles. The van der Waals surface area contributed by atoms with Crippen molar-refractivity contribution in [3.63, 3.8) is 0 Å². The lowest BCUT2D eigenvalue weighted by atomic mass is 10.2. The number of hydrogen-bond donors (Lipinski definition) is 1. The molecule has 0 saturated heterocycles. The Morgan fingerprint density at radius 2 is 1.92 bits per heavy atom. The fourth-order valence-electron chi connectivity index (χ4n) is 3.27. The zero-order valence-corrected chi connectivity index (χ0v) is 16.6. The smallest absolute Gasteiger partial charge is 0.230 e. The summed E-state index contributed by atoms with van der Waals surface area (Å²) in [4.78, 5) is 14.2. The lowest BCUT2D eigenvalue weighted by Gasteiger charge is -2.13. The summed E-state index contributed by atoms with van der Waals surface area (Å²) in [5, 5.41) is 12.6. The second-order valence-electron chi connectivity index (χ2n) is 6.83. The zero-order valence-electron chi connectivity index (χ0n) is 15.7. The van der Waals surface area contributed by atoms with E-state index in [0.717, 1.165) is 41.6 Å².